The summed E-state index contributed by atoms with van der Waals surface area (Å²) in [5, 5.41) is 3.91. The monoisotopic (exact) mass is 402 g/mol. The Morgan fingerprint density at radius 3 is 2.48 bits per heavy atom. The minimum absolute atomic E-state index is 0.0258. The number of thiazole rings is 1. The van der Waals surface area contributed by atoms with Crippen LogP contribution in [0.4, 0.5) is 5.69 Å². The quantitative estimate of drug-likeness (QED) is 0.452. The number of aromatic nitrogens is 1. The zero-order valence-electron chi connectivity index (χ0n) is 16.7. The van der Waals surface area contributed by atoms with E-state index in [1.807, 2.05) is 63.2 Å². The number of nitrogens with one attached hydrogen (secondary N) is 1. The predicted octanol–water partition coefficient (Wildman–Crippen LogP) is 5.91. The number of benzene rings is 3. The summed E-state index contributed by atoms with van der Waals surface area (Å²) in [6, 6.07) is 20.0. The van der Waals surface area contributed by atoms with Gasteiger partial charge < -0.3 is 10.1 Å². The summed E-state index contributed by atoms with van der Waals surface area (Å²) in [6.07, 6.45) is 0. The molecule has 0 aliphatic rings. The number of nitrogens with zero attached hydrogens (tertiary/aromatic N) is 1. The largest absolute Gasteiger partial charge is 0.484 e. The number of para-hydroxylation sites is 1. The van der Waals surface area contributed by atoms with Gasteiger partial charge in [-0.1, -0.05) is 18.2 Å². The molecule has 0 unspecified atom stereocenters. The molecule has 1 heterocycles. The number of carbonyl (C=O) groups excluding carboxylic acids is 1. The van der Waals surface area contributed by atoms with Crippen molar-refractivity contribution >= 4 is 33.1 Å². The van der Waals surface area contributed by atoms with E-state index in [2.05, 4.69) is 23.5 Å². The number of aryl methyl sites for hydroxylation is 3. The van der Waals surface area contributed by atoms with Gasteiger partial charge in [0.2, 0.25) is 0 Å². The van der Waals surface area contributed by atoms with Gasteiger partial charge in [0.1, 0.15) is 10.8 Å². The molecule has 0 saturated carbocycles. The van der Waals surface area contributed by atoms with E-state index in [1.54, 1.807) is 11.3 Å². The van der Waals surface area contributed by atoms with Crippen LogP contribution in [-0.2, 0) is 4.79 Å². The SMILES string of the molecule is Cc1cc(C)cc(OCC(=O)Nc2ccc(-c3nc4ccccc4s3)cc2C)c1. The van der Waals surface area contributed by atoms with E-state index in [1.165, 1.54) is 4.70 Å². The fraction of sp³-hybridized carbons (Fsp3) is 0.167. The molecule has 4 rings (SSSR count). The van der Waals surface area contributed by atoms with E-state index in [9.17, 15) is 4.79 Å². The lowest BCUT2D eigenvalue weighted by atomic mass is 10.1. The Morgan fingerprint density at radius 2 is 1.76 bits per heavy atom. The minimum Gasteiger partial charge on any atom is -0.484 e. The second-order valence-electron chi connectivity index (χ2n) is 7.18. The van der Waals surface area contributed by atoms with Gasteiger partial charge in [-0.05, 0) is 79.9 Å². The molecule has 0 fully saturated rings. The van der Waals surface area contributed by atoms with Gasteiger partial charge in [-0.2, -0.15) is 0 Å². The number of hydrogen-bond acceptors (Lipinski definition) is 4. The first kappa shape index (κ1) is 19.2. The van der Waals surface area contributed by atoms with Gasteiger partial charge in [-0.25, -0.2) is 4.98 Å². The normalized spacial score (nSPS) is 10.9. The first-order valence-corrected chi connectivity index (χ1v) is 10.3. The minimum atomic E-state index is -0.181. The maximum Gasteiger partial charge on any atom is 0.262 e. The fourth-order valence-corrected chi connectivity index (χ4v) is 4.25. The molecular weight excluding hydrogens is 380 g/mol. The lowest BCUT2D eigenvalue weighted by molar-refractivity contribution is -0.118. The van der Waals surface area contributed by atoms with Gasteiger partial charge in [-0.3, -0.25) is 4.79 Å². The second-order valence-corrected chi connectivity index (χ2v) is 8.21. The van der Waals surface area contributed by atoms with Gasteiger partial charge >= 0.3 is 0 Å². The van der Waals surface area contributed by atoms with Gasteiger partial charge in [0, 0.05) is 11.3 Å². The number of fused-ring (bicyclic) bond motifs is 1. The topological polar surface area (TPSA) is 51.2 Å². The number of carbonyl (C=O) groups is 1. The third kappa shape index (κ3) is 4.46. The van der Waals surface area contributed by atoms with Crippen molar-refractivity contribution in [2.24, 2.45) is 0 Å². The highest BCUT2D eigenvalue weighted by molar-refractivity contribution is 7.21. The van der Waals surface area contributed by atoms with Gasteiger partial charge in [0.15, 0.2) is 6.61 Å². The number of ether oxygens (including phenoxy) is 1. The van der Waals surface area contributed by atoms with Crippen molar-refractivity contribution in [1.82, 2.24) is 4.98 Å². The van der Waals surface area contributed by atoms with E-state index in [4.69, 9.17) is 9.72 Å². The molecule has 1 aromatic heterocycles. The first-order valence-electron chi connectivity index (χ1n) is 9.45. The van der Waals surface area contributed by atoms with Gasteiger partial charge in [-0.15, -0.1) is 11.3 Å². The van der Waals surface area contributed by atoms with Crippen molar-refractivity contribution in [3.8, 4) is 16.3 Å². The van der Waals surface area contributed by atoms with Crippen LogP contribution in [0, 0.1) is 20.8 Å². The van der Waals surface area contributed by atoms with Crippen LogP contribution in [0.1, 0.15) is 16.7 Å². The van der Waals surface area contributed by atoms with E-state index >= 15 is 0 Å². The summed E-state index contributed by atoms with van der Waals surface area (Å²) in [4.78, 5) is 17.0. The van der Waals surface area contributed by atoms with Crippen LogP contribution in [0.5, 0.6) is 5.75 Å². The maximum atomic E-state index is 12.3. The highest BCUT2D eigenvalue weighted by Gasteiger charge is 2.10. The van der Waals surface area contributed by atoms with Crippen LogP contribution in [0.15, 0.2) is 60.7 Å². The van der Waals surface area contributed by atoms with Crippen molar-refractivity contribution in [2.45, 2.75) is 20.8 Å². The second kappa shape index (κ2) is 8.05. The Kier molecular flexibility index (Phi) is 5.32. The molecule has 0 aliphatic heterocycles. The molecule has 0 atom stereocenters. The summed E-state index contributed by atoms with van der Waals surface area (Å²) in [5.74, 6) is 0.528. The van der Waals surface area contributed by atoms with Crippen LogP contribution in [0.3, 0.4) is 0 Å². The molecule has 0 radical (unpaired) electrons. The summed E-state index contributed by atoms with van der Waals surface area (Å²) in [5.41, 5.74) is 6.05. The Labute approximate surface area is 174 Å². The average molecular weight is 403 g/mol. The highest BCUT2D eigenvalue weighted by atomic mass is 32.1. The maximum absolute atomic E-state index is 12.3. The van der Waals surface area contributed by atoms with E-state index in [0.717, 1.165) is 38.5 Å². The van der Waals surface area contributed by atoms with Crippen LogP contribution in [0.2, 0.25) is 0 Å². The average Bonchev–Trinajstić information content (AvgIpc) is 3.11. The van der Waals surface area contributed by atoms with Crippen LogP contribution < -0.4 is 10.1 Å². The van der Waals surface area contributed by atoms with Gasteiger partial charge in [0.05, 0.1) is 10.2 Å². The fourth-order valence-electron chi connectivity index (χ4n) is 3.28. The lowest BCUT2D eigenvalue weighted by Crippen LogP contribution is -2.20. The molecule has 0 bridgehead atoms. The van der Waals surface area contributed by atoms with E-state index < -0.39 is 0 Å². The third-order valence-corrected chi connectivity index (χ3v) is 5.69. The Balaban J connectivity index is 1.44. The molecule has 1 N–H and O–H groups in total. The van der Waals surface area contributed by atoms with E-state index in [-0.39, 0.29) is 12.5 Å². The van der Waals surface area contributed by atoms with Crippen molar-refractivity contribution in [2.75, 3.05) is 11.9 Å². The number of anilines is 1. The van der Waals surface area contributed by atoms with E-state index in [0.29, 0.717) is 5.75 Å². The highest BCUT2D eigenvalue weighted by Crippen LogP contribution is 2.31. The summed E-state index contributed by atoms with van der Waals surface area (Å²) < 4.78 is 6.82. The molecule has 4 aromatic rings. The number of rotatable bonds is 5. The number of amides is 1. The zero-order chi connectivity index (χ0) is 20.4. The van der Waals surface area contributed by atoms with Crippen LogP contribution in [0.25, 0.3) is 20.8 Å². The first-order chi connectivity index (χ1) is 14.0. The summed E-state index contributed by atoms with van der Waals surface area (Å²) in [6.45, 7) is 5.98. The van der Waals surface area contributed by atoms with Crippen LogP contribution in [-0.4, -0.2) is 17.5 Å². The molecular formula is C24H22N2O2S. The van der Waals surface area contributed by atoms with Crippen molar-refractivity contribution in [3.63, 3.8) is 0 Å². The third-order valence-electron chi connectivity index (χ3n) is 4.61. The molecule has 3 aromatic carbocycles. The molecule has 0 spiro atoms. The standard InChI is InChI=1S/C24H22N2O2S/c1-15-10-16(2)12-19(11-15)28-14-23(27)25-20-9-8-18(13-17(20)3)24-26-21-6-4-5-7-22(21)29-24/h4-13H,14H2,1-3H3,(H,25,27). The van der Waals surface area contributed by atoms with Crippen LogP contribution >= 0.6 is 11.3 Å². The predicted molar refractivity (Wildman–Crippen MR) is 120 cm³/mol. The lowest BCUT2D eigenvalue weighted by Gasteiger charge is -2.11. The molecule has 0 aliphatic carbocycles. The molecule has 4 nitrogen and oxygen atoms in total. The molecule has 0 saturated heterocycles. The zero-order valence-corrected chi connectivity index (χ0v) is 17.5. The molecule has 29 heavy (non-hydrogen) atoms. The van der Waals surface area contributed by atoms with Gasteiger partial charge in [0.25, 0.3) is 5.91 Å². The Bertz CT molecular complexity index is 1140. The van der Waals surface area contributed by atoms with Crippen molar-refractivity contribution < 1.29 is 9.53 Å². The summed E-state index contributed by atoms with van der Waals surface area (Å²) in [7, 11) is 0. The smallest absolute Gasteiger partial charge is 0.262 e. The van der Waals surface area contributed by atoms with Crippen molar-refractivity contribution in [1.29, 1.82) is 0 Å². The Hall–Kier alpha value is -3.18. The van der Waals surface area contributed by atoms with Crippen molar-refractivity contribution in [3.05, 3.63) is 77.4 Å². The molecule has 146 valence electrons. The number of hydrogen-bond donors (Lipinski definition) is 1. The molecule has 5 heteroatoms. The summed E-state index contributed by atoms with van der Waals surface area (Å²) >= 11 is 1.67. The molecule has 1 amide bonds. The Morgan fingerprint density at radius 1 is 1.00 bits per heavy atom.